The van der Waals surface area contributed by atoms with Gasteiger partial charge in [0.15, 0.2) is 0 Å². The fraction of sp³-hybridized carbons (Fsp3) is 1.00. The van der Waals surface area contributed by atoms with Crippen LogP contribution in [0.4, 0.5) is 0 Å². The third-order valence-corrected chi connectivity index (χ3v) is 3.28. The predicted octanol–water partition coefficient (Wildman–Crippen LogP) is 2.15. The molecule has 1 N–H and O–H groups in total. The van der Waals surface area contributed by atoms with Crippen LogP contribution in [0.5, 0.6) is 0 Å². The molecule has 0 saturated carbocycles. The van der Waals surface area contributed by atoms with Crippen LogP contribution in [-0.2, 0) is 9.78 Å². The molecule has 0 radical (unpaired) electrons. The van der Waals surface area contributed by atoms with Crippen molar-refractivity contribution in [2.75, 3.05) is 26.4 Å². The first-order valence-electron chi connectivity index (χ1n) is 6.96. The van der Waals surface area contributed by atoms with Gasteiger partial charge in [0.2, 0.25) is 0 Å². The first-order valence-corrected chi connectivity index (χ1v) is 6.96. The van der Waals surface area contributed by atoms with Gasteiger partial charge in [-0.15, -0.1) is 0 Å². The largest absolute Gasteiger partial charge is 0.299 e. The molecule has 0 aliphatic carbocycles. The number of rotatable bonds is 8. The summed E-state index contributed by atoms with van der Waals surface area (Å²) in [6.07, 6.45) is 4.71. The number of hydrogen-bond acceptors (Lipinski definition) is 4. The maximum Gasteiger partial charge on any atom is 0.133 e. The van der Waals surface area contributed by atoms with E-state index in [2.05, 4.69) is 31.0 Å². The Balaban J connectivity index is 2.02. The molecule has 1 atom stereocenters. The van der Waals surface area contributed by atoms with Gasteiger partial charge in [-0.05, 0) is 39.7 Å². The van der Waals surface area contributed by atoms with Gasteiger partial charge in [-0.3, -0.25) is 10.2 Å². The van der Waals surface area contributed by atoms with E-state index >= 15 is 0 Å². The number of nitrogens with zero attached hydrogens (tertiary/aromatic N) is 1. The van der Waals surface area contributed by atoms with E-state index in [9.17, 15) is 0 Å². The van der Waals surface area contributed by atoms with Crippen molar-refractivity contribution in [1.29, 1.82) is 0 Å². The fourth-order valence-corrected chi connectivity index (χ4v) is 2.10. The molecule has 1 aliphatic heterocycles. The Labute approximate surface area is 106 Å². The maximum absolute atomic E-state index is 5.10. The Morgan fingerprint density at radius 2 is 2.18 bits per heavy atom. The van der Waals surface area contributed by atoms with Gasteiger partial charge in [0.1, 0.15) is 6.73 Å². The molecule has 1 rings (SSSR count). The first kappa shape index (κ1) is 14.9. The molecule has 0 aromatic carbocycles. The normalized spacial score (nSPS) is 22.2. The van der Waals surface area contributed by atoms with Crippen molar-refractivity contribution >= 4 is 0 Å². The van der Waals surface area contributed by atoms with Crippen molar-refractivity contribution in [2.45, 2.75) is 58.5 Å². The molecule has 1 heterocycles. The summed E-state index contributed by atoms with van der Waals surface area (Å²) < 4.78 is 0. The van der Waals surface area contributed by atoms with E-state index in [1.54, 1.807) is 0 Å². The molecular weight excluding hydrogens is 216 g/mol. The summed E-state index contributed by atoms with van der Waals surface area (Å²) in [4.78, 5) is 12.7. The minimum atomic E-state index is 0.500. The number of hydrogen-bond donors (Lipinski definition) is 1. The second-order valence-corrected chi connectivity index (χ2v) is 5.07. The van der Waals surface area contributed by atoms with Gasteiger partial charge < -0.3 is 0 Å². The van der Waals surface area contributed by atoms with Crippen LogP contribution < -0.4 is 5.32 Å². The standard InChI is InChI=1S/C13H28N2O2/c1-4-5-9-16-17-11-14-13-7-6-8-15(10-13)12(2)3/h12-14H,4-11H2,1-3H3. The lowest BCUT2D eigenvalue weighted by molar-refractivity contribution is -0.300. The summed E-state index contributed by atoms with van der Waals surface area (Å²) in [7, 11) is 0. The fourth-order valence-electron chi connectivity index (χ4n) is 2.10. The van der Waals surface area contributed by atoms with Crippen molar-refractivity contribution in [3.8, 4) is 0 Å². The van der Waals surface area contributed by atoms with E-state index in [4.69, 9.17) is 9.78 Å². The Kier molecular flexibility index (Phi) is 7.77. The summed E-state index contributed by atoms with van der Waals surface area (Å²) in [6, 6.07) is 1.18. The van der Waals surface area contributed by atoms with Crippen LogP contribution in [0.2, 0.25) is 0 Å². The molecule has 0 aromatic heterocycles. The van der Waals surface area contributed by atoms with Gasteiger partial charge >= 0.3 is 0 Å². The van der Waals surface area contributed by atoms with Crippen molar-refractivity contribution in [1.82, 2.24) is 10.2 Å². The number of unbranched alkanes of at least 4 members (excludes halogenated alkanes) is 1. The molecule has 1 saturated heterocycles. The predicted molar refractivity (Wildman–Crippen MR) is 69.7 cm³/mol. The van der Waals surface area contributed by atoms with Crippen LogP contribution in [-0.4, -0.2) is 43.4 Å². The molecule has 0 bridgehead atoms. The van der Waals surface area contributed by atoms with Gasteiger partial charge in [0.05, 0.1) is 6.61 Å². The minimum absolute atomic E-state index is 0.500. The topological polar surface area (TPSA) is 33.7 Å². The van der Waals surface area contributed by atoms with Crippen molar-refractivity contribution < 1.29 is 9.78 Å². The average molecular weight is 244 g/mol. The molecule has 17 heavy (non-hydrogen) atoms. The summed E-state index contributed by atoms with van der Waals surface area (Å²) in [5.41, 5.74) is 0. The Hall–Kier alpha value is -0.160. The van der Waals surface area contributed by atoms with E-state index in [0.717, 1.165) is 19.4 Å². The SMILES string of the molecule is CCCCOOCNC1CCCN(C(C)C)C1. The van der Waals surface area contributed by atoms with Crippen LogP contribution in [0.1, 0.15) is 46.5 Å². The lowest BCUT2D eigenvalue weighted by Gasteiger charge is -2.35. The molecule has 0 aromatic rings. The van der Waals surface area contributed by atoms with Crippen LogP contribution >= 0.6 is 0 Å². The monoisotopic (exact) mass is 244 g/mol. The number of nitrogens with one attached hydrogen (secondary N) is 1. The van der Waals surface area contributed by atoms with Gasteiger partial charge in [-0.1, -0.05) is 13.3 Å². The molecule has 0 spiro atoms. The maximum atomic E-state index is 5.10. The number of likely N-dealkylation sites (tertiary alicyclic amines) is 1. The third kappa shape index (κ3) is 6.36. The van der Waals surface area contributed by atoms with E-state index in [-0.39, 0.29) is 0 Å². The molecule has 4 nitrogen and oxygen atoms in total. The minimum Gasteiger partial charge on any atom is -0.299 e. The highest BCUT2D eigenvalue weighted by Gasteiger charge is 2.20. The van der Waals surface area contributed by atoms with Gasteiger partial charge in [-0.2, -0.15) is 0 Å². The molecule has 4 heteroatoms. The van der Waals surface area contributed by atoms with Crippen molar-refractivity contribution in [2.24, 2.45) is 0 Å². The van der Waals surface area contributed by atoms with Gasteiger partial charge in [0, 0.05) is 18.6 Å². The van der Waals surface area contributed by atoms with Crippen molar-refractivity contribution in [3.63, 3.8) is 0 Å². The molecule has 1 unspecified atom stereocenters. The highest BCUT2D eigenvalue weighted by Crippen LogP contribution is 2.12. The molecule has 1 aliphatic rings. The summed E-state index contributed by atoms with van der Waals surface area (Å²) >= 11 is 0. The van der Waals surface area contributed by atoms with E-state index in [1.165, 1.54) is 19.4 Å². The van der Waals surface area contributed by atoms with E-state index in [1.807, 2.05) is 0 Å². The van der Waals surface area contributed by atoms with E-state index < -0.39 is 0 Å². The Morgan fingerprint density at radius 3 is 2.88 bits per heavy atom. The summed E-state index contributed by atoms with van der Waals surface area (Å²) in [6.45, 7) is 10.2. The summed E-state index contributed by atoms with van der Waals surface area (Å²) in [5, 5.41) is 3.39. The van der Waals surface area contributed by atoms with Crippen LogP contribution in [0.3, 0.4) is 0 Å². The second kappa shape index (κ2) is 8.86. The Bertz CT molecular complexity index is 188. The summed E-state index contributed by atoms with van der Waals surface area (Å²) in [5.74, 6) is 0. The molecule has 102 valence electrons. The smallest absolute Gasteiger partial charge is 0.133 e. The highest BCUT2D eigenvalue weighted by molar-refractivity contribution is 4.78. The lowest BCUT2D eigenvalue weighted by atomic mass is 10.0. The lowest BCUT2D eigenvalue weighted by Crippen LogP contribution is -2.48. The Morgan fingerprint density at radius 1 is 1.35 bits per heavy atom. The zero-order valence-corrected chi connectivity index (χ0v) is 11.6. The van der Waals surface area contributed by atoms with Crippen LogP contribution in [0, 0.1) is 0 Å². The third-order valence-electron chi connectivity index (χ3n) is 3.28. The zero-order chi connectivity index (χ0) is 12.5. The zero-order valence-electron chi connectivity index (χ0n) is 11.6. The molecule has 0 amide bonds. The van der Waals surface area contributed by atoms with Crippen molar-refractivity contribution in [3.05, 3.63) is 0 Å². The van der Waals surface area contributed by atoms with Crippen LogP contribution in [0.15, 0.2) is 0 Å². The van der Waals surface area contributed by atoms with Crippen LogP contribution in [0.25, 0.3) is 0 Å². The number of piperidine rings is 1. The van der Waals surface area contributed by atoms with Gasteiger partial charge in [-0.25, -0.2) is 9.78 Å². The van der Waals surface area contributed by atoms with E-state index in [0.29, 0.717) is 25.4 Å². The highest BCUT2D eigenvalue weighted by atomic mass is 17.2. The van der Waals surface area contributed by atoms with Gasteiger partial charge in [0.25, 0.3) is 0 Å². The second-order valence-electron chi connectivity index (χ2n) is 5.07. The quantitative estimate of drug-likeness (QED) is 0.307. The first-order chi connectivity index (χ1) is 8.24. The average Bonchev–Trinajstić information content (AvgIpc) is 2.34. The molecular formula is C13H28N2O2. The molecule has 1 fully saturated rings.